The normalized spacial score (nSPS) is 16.1. The van der Waals surface area contributed by atoms with Crippen molar-refractivity contribution in [2.75, 3.05) is 6.61 Å². The molecule has 1 atom stereocenters. The van der Waals surface area contributed by atoms with E-state index in [0.29, 0.717) is 6.26 Å². The third-order valence-corrected chi connectivity index (χ3v) is 1.43. The number of alkyl halides is 1. The Bertz CT molecular complexity index is 92.0. The lowest BCUT2D eigenvalue weighted by atomic mass is 10.4. The standard InChI is InChI=1S/C4H6Cl2O2/c5-3(1-7)4(6)2-8/h1,4,7-8H,2H2. The minimum absolute atomic E-state index is 0.0502. The van der Waals surface area contributed by atoms with E-state index in [1.807, 2.05) is 0 Å². The summed E-state index contributed by atoms with van der Waals surface area (Å²) in [6.07, 6.45) is 0.662. The highest BCUT2D eigenvalue weighted by atomic mass is 35.5. The van der Waals surface area contributed by atoms with Gasteiger partial charge in [-0.25, -0.2) is 0 Å². The second-order valence-corrected chi connectivity index (χ2v) is 2.13. The van der Waals surface area contributed by atoms with Crippen LogP contribution in [0, 0.1) is 0 Å². The lowest BCUT2D eigenvalue weighted by molar-refractivity contribution is 0.302. The van der Waals surface area contributed by atoms with Gasteiger partial charge in [-0.15, -0.1) is 11.6 Å². The first-order chi connectivity index (χ1) is 3.72. The number of hydrogen-bond donors (Lipinski definition) is 2. The summed E-state index contributed by atoms with van der Waals surface area (Å²) < 4.78 is 0. The predicted molar refractivity (Wildman–Crippen MR) is 33.3 cm³/mol. The summed E-state index contributed by atoms with van der Waals surface area (Å²) in [5.74, 6) is 0. The number of rotatable bonds is 2. The third kappa shape index (κ3) is 2.40. The molecule has 0 heterocycles. The van der Waals surface area contributed by atoms with Gasteiger partial charge in [-0.2, -0.15) is 0 Å². The van der Waals surface area contributed by atoms with Crippen LogP contribution in [0.3, 0.4) is 0 Å². The maximum Gasteiger partial charge on any atom is 0.0953 e. The largest absolute Gasteiger partial charge is 0.514 e. The van der Waals surface area contributed by atoms with Crippen molar-refractivity contribution in [3.63, 3.8) is 0 Å². The fraction of sp³-hybridized carbons (Fsp3) is 0.500. The molecule has 0 fully saturated rings. The first-order valence-electron chi connectivity index (χ1n) is 1.97. The number of hydrogen-bond acceptors (Lipinski definition) is 2. The van der Waals surface area contributed by atoms with Gasteiger partial charge >= 0.3 is 0 Å². The molecule has 0 spiro atoms. The van der Waals surface area contributed by atoms with Crippen LogP contribution >= 0.6 is 23.2 Å². The molecule has 0 saturated carbocycles. The van der Waals surface area contributed by atoms with E-state index >= 15 is 0 Å². The summed E-state index contributed by atoms with van der Waals surface area (Å²) in [6.45, 7) is -0.266. The van der Waals surface area contributed by atoms with Crippen molar-refractivity contribution in [2.45, 2.75) is 5.38 Å². The Morgan fingerprint density at radius 1 is 1.75 bits per heavy atom. The fourth-order valence-corrected chi connectivity index (χ4v) is 0.293. The van der Waals surface area contributed by atoms with Crippen molar-refractivity contribution in [1.82, 2.24) is 0 Å². The highest BCUT2D eigenvalue weighted by molar-refractivity contribution is 6.37. The summed E-state index contributed by atoms with van der Waals surface area (Å²) in [4.78, 5) is 0. The van der Waals surface area contributed by atoms with Gasteiger partial charge in [-0.3, -0.25) is 0 Å². The van der Waals surface area contributed by atoms with E-state index < -0.39 is 5.38 Å². The SMILES string of the molecule is OC=C(Cl)C(Cl)CO. The van der Waals surface area contributed by atoms with Crippen LogP contribution in [0.2, 0.25) is 0 Å². The molecular weight excluding hydrogens is 151 g/mol. The van der Waals surface area contributed by atoms with Crippen molar-refractivity contribution in [3.8, 4) is 0 Å². The second-order valence-electron chi connectivity index (χ2n) is 1.16. The van der Waals surface area contributed by atoms with Crippen LogP contribution in [0.5, 0.6) is 0 Å². The Morgan fingerprint density at radius 2 is 2.25 bits per heavy atom. The average Bonchev–Trinajstić information content (AvgIpc) is 1.84. The summed E-state index contributed by atoms with van der Waals surface area (Å²) in [6, 6.07) is 0. The molecule has 1 unspecified atom stereocenters. The highest BCUT2D eigenvalue weighted by Gasteiger charge is 2.05. The lowest BCUT2D eigenvalue weighted by Crippen LogP contribution is -2.03. The van der Waals surface area contributed by atoms with E-state index in [4.69, 9.17) is 33.4 Å². The van der Waals surface area contributed by atoms with E-state index in [2.05, 4.69) is 0 Å². The summed E-state index contributed by atoms with van der Waals surface area (Å²) >= 11 is 10.5. The first kappa shape index (κ1) is 8.08. The van der Waals surface area contributed by atoms with Gasteiger partial charge in [0.25, 0.3) is 0 Å². The summed E-state index contributed by atoms with van der Waals surface area (Å²) in [5.41, 5.74) is 0. The predicted octanol–water partition coefficient (Wildman–Crippen LogP) is 1.22. The van der Waals surface area contributed by atoms with Crippen LogP contribution in [0.25, 0.3) is 0 Å². The van der Waals surface area contributed by atoms with Gasteiger partial charge in [0.2, 0.25) is 0 Å². The van der Waals surface area contributed by atoms with Crippen LogP contribution in [0.15, 0.2) is 11.3 Å². The molecule has 0 aliphatic carbocycles. The summed E-state index contributed by atoms with van der Waals surface area (Å²) in [7, 11) is 0. The Kier molecular flexibility index (Phi) is 4.05. The minimum Gasteiger partial charge on any atom is -0.514 e. The number of aliphatic hydroxyl groups excluding tert-OH is 2. The number of halogens is 2. The smallest absolute Gasteiger partial charge is 0.0953 e. The molecule has 0 aliphatic heterocycles. The van der Waals surface area contributed by atoms with Gasteiger partial charge in [0, 0.05) is 0 Å². The van der Waals surface area contributed by atoms with Crippen molar-refractivity contribution in [3.05, 3.63) is 11.3 Å². The molecule has 0 rings (SSSR count). The summed E-state index contributed by atoms with van der Waals surface area (Å²) in [5, 5.41) is 15.8. The Labute approximate surface area is 57.3 Å². The van der Waals surface area contributed by atoms with Gasteiger partial charge < -0.3 is 10.2 Å². The molecule has 8 heavy (non-hydrogen) atoms. The van der Waals surface area contributed by atoms with Crippen molar-refractivity contribution >= 4 is 23.2 Å². The van der Waals surface area contributed by atoms with Crippen LogP contribution in [-0.2, 0) is 0 Å². The van der Waals surface area contributed by atoms with Crippen LogP contribution in [0.4, 0.5) is 0 Å². The molecule has 0 amide bonds. The molecule has 0 aromatic carbocycles. The lowest BCUT2D eigenvalue weighted by Gasteiger charge is -1.99. The fourth-order valence-electron chi connectivity index (χ4n) is 0.168. The molecule has 2 N–H and O–H groups in total. The Hall–Kier alpha value is 0.0800. The van der Waals surface area contributed by atoms with Crippen LogP contribution < -0.4 is 0 Å². The highest BCUT2D eigenvalue weighted by Crippen LogP contribution is 2.11. The topological polar surface area (TPSA) is 40.5 Å². The average molecular weight is 157 g/mol. The second kappa shape index (κ2) is 4.01. The molecular formula is C4H6Cl2O2. The number of aliphatic hydroxyl groups is 2. The molecule has 0 saturated heterocycles. The molecule has 4 heteroatoms. The monoisotopic (exact) mass is 156 g/mol. The van der Waals surface area contributed by atoms with E-state index in [9.17, 15) is 0 Å². The zero-order valence-corrected chi connectivity index (χ0v) is 5.52. The molecule has 0 aliphatic rings. The van der Waals surface area contributed by atoms with E-state index in [1.165, 1.54) is 0 Å². The van der Waals surface area contributed by atoms with Crippen LogP contribution in [0.1, 0.15) is 0 Å². The third-order valence-electron chi connectivity index (χ3n) is 0.583. The van der Waals surface area contributed by atoms with E-state index in [-0.39, 0.29) is 11.6 Å². The van der Waals surface area contributed by atoms with Crippen molar-refractivity contribution < 1.29 is 10.2 Å². The molecule has 0 radical (unpaired) electrons. The van der Waals surface area contributed by atoms with Gasteiger partial charge in [0.15, 0.2) is 0 Å². The maximum atomic E-state index is 8.27. The minimum atomic E-state index is -0.679. The van der Waals surface area contributed by atoms with E-state index in [0.717, 1.165) is 0 Å². The van der Waals surface area contributed by atoms with Gasteiger partial charge in [0.05, 0.1) is 23.3 Å². The van der Waals surface area contributed by atoms with Crippen LogP contribution in [-0.4, -0.2) is 22.2 Å². The zero-order chi connectivity index (χ0) is 6.57. The molecule has 0 bridgehead atoms. The van der Waals surface area contributed by atoms with Crippen molar-refractivity contribution in [1.29, 1.82) is 0 Å². The first-order valence-corrected chi connectivity index (χ1v) is 2.78. The Morgan fingerprint density at radius 3 is 2.38 bits per heavy atom. The van der Waals surface area contributed by atoms with Gasteiger partial charge in [-0.1, -0.05) is 11.6 Å². The van der Waals surface area contributed by atoms with Crippen molar-refractivity contribution in [2.24, 2.45) is 0 Å². The van der Waals surface area contributed by atoms with E-state index in [1.54, 1.807) is 0 Å². The maximum absolute atomic E-state index is 8.27. The molecule has 0 aromatic rings. The zero-order valence-electron chi connectivity index (χ0n) is 4.01. The molecule has 2 nitrogen and oxygen atoms in total. The molecule has 48 valence electrons. The molecule has 0 aromatic heterocycles. The van der Waals surface area contributed by atoms with Gasteiger partial charge in [-0.05, 0) is 0 Å². The Balaban J connectivity index is 3.63. The van der Waals surface area contributed by atoms with Gasteiger partial charge in [0.1, 0.15) is 0 Å². The quantitative estimate of drug-likeness (QED) is 0.467.